The number of rotatable bonds is 6. The van der Waals surface area contributed by atoms with Gasteiger partial charge in [-0.2, -0.15) is 0 Å². The zero-order valence-electron chi connectivity index (χ0n) is 12.9. The molecule has 1 aliphatic heterocycles. The molecule has 0 saturated carbocycles. The Morgan fingerprint density at radius 1 is 1.00 bits per heavy atom. The zero-order valence-corrected chi connectivity index (χ0v) is 12.9. The van der Waals surface area contributed by atoms with Crippen molar-refractivity contribution >= 4 is 11.9 Å². The molecule has 0 N–H and O–H groups in total. The summed E-state index contributed by atoms with van der Waals surface area (Å²) in [6.07, 6.45) is 0.512. The number of carbonyl (C=O) groups is 2. The van der Waals surface area contributed by atoms with Crippen molar-refractivity contribution in [2.24, 2.45) is 23.7 Å². The number of hydrogen-bond acceptors (Lipinski definition) is 5. The van der Waals surface area contributed by atoms with E-state index >= 15 is 0 Å². The van der Waals surface area contributed by atoms with Crippen LogP contribution in [0.5, 0.6) is 0 Å². The molecule has 0 amide bonds. The molecule has 1 aliphatic rings. The van der Waals surface area contributed by atoms with Crippen molar-refractivity contribution in [2.45, 2.75) is 34.1 Å². The monoisotopic (exact) mass is 286 g/mol. The van der Waals surface area contributed by atoms with Gasteiger partial charge in [0.05, 0.1) is 31.7 Å². The average Bonchev–Trinajstić information content (AvgIpc) is 2.42. The number of ether oxygens (including phenoxy) is 3. The molecule has 0 aromatic carbocycles. The second-order valence-corrected chi connectivity index (χ2v) is 6.12. The fraction of sp³-hybridized carbons (Fsp3) is 0.867. The van der Waals surface area contributed by atoms with Gasteiger partial charge in [-0.1, -0.05) is 27.7 Å². The van der Waals surface area contributed by atoms with Crippen molar-refractivity contribution in [3.05, 3.63) is 0 Å². The van der Waals surface area contributed by atoms with Crippen molar-refractivity contribution < 1.29 is 23.8 Å². The quantitative estimate of drug-likeness (QED) is 0.699. The third kappa shape index (κ3) is 5.49. The molecule has 1 fully saturated rings. The predicted molar refractivity (Wildman–Crippen MR) is 74.0 cm³/mol. The van der Waals surface area contributed by atoms with Gasteiger partial charge in [-0.3, -0.25) is 9.59 Å². The summed E-state index contributed by atoms with van der Waals surface area (Å²) in [5.74, 6) is -1.09. The summed E-state index contributed by atoms with van der Waals surface area (Å²) >= 11 is 0. The molecular weight excluding hydrogens is 260 g/mol. The van der Waals surface area contributed by atoms with E-state index in [0.717, 1.165) is 0 Å². The van der Waals surface area contributed by atoms with E-state index in [2.05, 4.69) is 0 Å². The Balaban J connectivity index is 2.56. The van der Waals surface area contributed by atoms with Gasteiger partial charge in [-0.05, 0) is 18.3 Å². The second kappa shape index (κ2) is 8.25. The molecular formula is C15H26O5. The Morgan fingerprint density at radius 3 is 2.00 bits per heavy atom. The van der Waals surface area contributed by atoms with Gasteiger partial charge in [0.1, 0.15) is 0 Å². The zero-order chi connectivity index (χ0) is 15.1. The van der Waals surface area contributed by atoms with Crippen molar-refractivity contribution in [3.8, 4) is 0 Å². The summed E-state index contributed by atoms with van der Waals surface area (Å²) in [4.78, 5) is 24.1. The van der Waals surface area contributed by atoms with Gasteiger partial charge in [0.2, 0.25) is 0 Å². The minimum Gasteiger partial charge on any atom is -0.465 e. The summed E-state index contributed by atoms with van der Waals surface area (Å²) in [5.41, 5.74) is 0. The lowest BCUT2D eigenvalue weighted by Gasteiger charge is -2.28. The van der Waals surface area contributed by atoms with Crippen LogP contribution in [0.25, 0.3) is 0 Å². The van der Waals surface area contributed by atoms with E-state index in [9.17, 15) is 9.59 Å². The van der Waals surface area contributed by atoms with Crippen LogP contribution in [0.2, 0.25) is 0 Å². The molecule has 0 aromatic rings. The van der Waals surface area contributed by atoms with Crippen LogP contribution >= 0.6 is 0 Å². The van der Waals surface area contributed by atoms with Gasteiger partial charge < -0.3 is 14.2 Å². The van der Waals surface area contributed by atoms with Crippen LogP contribution in [-0.2, 0) is 23.8 Å². The van der Waals surface area contributed by atoms with Crippen LogP contribution in [0, 0.1) is 23.7 Å². The highest BCUT2D eigenvalue weighted by molar-refractivity contribution is 5.82. The molecule has 1 heterocycles. The predicted octanol–water partition coefficient (Wildman–Crippen LogP) is 2.04. The highest BCUT2D eigenvalue weighted by Gasteiger charge is 2.38. The van der Waals surface area contributed by atoms with Crippen molar-refractivity contribution in [1.29, 1.82) is 0 Å². The van der Waals surface area contributed by atoms with E-state index in [1.54, 1.807) is 0 Å². The van der Waals surface area contributed by atoms with Crippen LogP contribution in [-0.4, -0.2) is 38.4 Å². The van der Waals surface area contributed by atoms with E-state index in [4.69, 9.17) is 14.2 Å². The van der Waals surface area contributed by atoms with E-state index in [1.807, 2.05) is 27.7 Å². The first-order chi connectivity index (χ1) is 9.41. The molecule has 1 saturated heterocycles. The Morgan fingerprint density at radius 2 is 1.50 bits per heavy atom. The topological polar surface area (TPSA) is 61.8 Å². The summed E-state index contributed by atoms with van der Waals surface area (Å²) in [5, 5.41) is 0. The maximum absolute atomic E-state index is 12.1. The largest absolute Gasteiger partial charge is 0.465 e. The van der Waals surface area contributed by atoms with Crippen LogP contribution in [0.4, 0.5) is 0 Å². The summed E-state index contributed by atoms with van der Waals surface area (Å²) < 4.78 is 15.8. The van der Waals surface area contributed by atoms with E-state index in [0.29, 0.717) is 26.2 Å². The molecule has 5 nitrogen and oxygen atoms in total. The van der Waals surface area contributed by atoms with E-state index in [1.165, 1.54) is 0 Å². The van der Waals surface area contributed by atoms with Gasteiger partial charge in [0.15, 0.2) is 0 Å². The molecule has 5 heteroatoms. The molecule has 0 aliphatic carbocycles. The first-order valence-electron chi connectivity index (χ1n) is 7.32. The van der Waals surface area contributed by atoms with E-state index < -0.39 is 11.8 Å². The maximum atomic E-state index is 12.1. The van der Waals surface area contributed by atoms with E-state index in [-0.39, 0.29) is 30.4 Å². The van der Waals surface area contributed by atoms with Crippen molar-refractivity contribution in [2.75, 3.05) is 26.4 Å². The van der Waals surface area contributed by atoms with Gasteiger partial charge in [-0.25, -0.2) is 0 Å². The Bertz CT molecular complexity index is 292. The molecule has 1 rings (SSSR count). The minimum absolute atomic E-state index is 0.234. The smallest absolute Gasteiger partial charge is 0.312 e. The fourth-order valence-corrected chi connectivity index (χ4v) is 1.96. The number of hydrogen-bond donors (Lipinski definition) is 0. The summed E-state index contributed by atoms with van der Waals surface area (Å²) in [7, 11) is 0. The van der Waals surface area contributed by atoms with Crippen LogP contribution < -0.4 is 0 Å². The number of carbonyl (C=O) groups excluding carboxylic acids is 2. The standard InChI is InChI=1S/C15H26O5/c1-10(2)7-19-14(16)12-5-6-18-9-13(12)15(17)20-8-11(3)4/h10-13H,5-9H2,1-4H3. The summed E-state index contributed by atoms with van der Waals surface area (Å²) in [6.45, 7) is 9.36. The maximum Gasteiger partial charge on any atom is 0.312 e. The third-order valence-corrected chi connectivity index (χ3v) is 3.08. The molecule has 0 bridgehead atoms. The lowest BCUT2D eigenvalue weighted by atomic mass is 9.88. The first kappa shape index (κ1) is 17.0. The van der Waals surface area contributed by atoms with Crippen LogP contribution in [0.15, 0.2) is 0 Å². The Labute approximate surface area is 121 Å². The first-order valence-corrected chi connectivity index (χ1v) is 7.32. The van der Waals surface area contributed by atoms with Crippen molar-refractivity contribution in [3.63, 3.8) is 0 Å². The Kier molecular flexibility index (Phi) is 6.99. The molecule has 0 radical (unpaired) electrons. The SMILES string of the molecule is CC(C)COC(=O)C1CCOCC1C(=O)OCC(C)C. The molecule has 116 valence electrons. The van der Waals surface area contributed by atoms with Crippen LogP contribution in [0.1, 0.15) is 34.1 Å². The molecule has 20 heavy (non-hydrogen) atoms. The van der Waals surface area contributed by atoms with Crippen molar-refractivity contribution in [1.82, 2.24) is 0 Å². The lowest BCUT2D eigenvalue weighted by molar-refractivity contribution is -0.169. The highest BCUT2D eigenvalue weighted by atomic mass is 16.5. The molecule has 2 unspecified atom stereocenters. The van der Waals surface area contributed by atoms with Gasteiger partial charge in [0, 0.05) is 6.61 Å². The molecule has 0 aromatic heterocycles. The highest BCUT2D eigenvalue weighted by Crippen LogP contribution is 2.25. The molecule has 2 atom stereocenters. The number of esters is 2. The van der Waals surface area contributed by atoms with Gasteiger partial charge in [0.25, 0.3) is 0 Å². The third-order valence-electron chi connectivity index (χ3n) is 3.08. The lowest BCUT2D eigenvalue weighted by Crippen LogP contribution is -2.40. The van der Waals surface area contributed by atoms with Gasteiger partial charge >= 0.3 is 11.9 Å². The minimum atomic E-state index is -0.540. The Hall–Kier alpha value is -1.10. The average molecular weight is 286 g/mol. The second-order valence-electron chi connectivity index (χ2n) is 6.12. The van der Waals surface area contributed by atoms with Gasteiger partial charge in [-0.15, -0.1) is 0 Å². The summed E-state index contributed by atoms with van der Waals surface area (Å²) in [6, 6.07) is 0. The normalized spacial score (nSPS) is 22.9. The molecule has 0 spiro atoms. The van der Waals surface area contributed by atoms with Crippen LogP contribution in [0.3, 0.4) is 0 Å². The fourth-order valence-electron chi connectivity index (χ4n) is 1.96.